The van der Waals surface area contributed by atoms with Crippen molar-refractivity contribution >= 4 is 28.2 Å². The summed E-state index contributed by atoms with van der Waals surface area (Å²) in [6.45, 7) is 9.51. The molecule has 5 rings (SSSR count). The van der Waals surface area contributed by atoms with Gasteiger partial charge in [-0.05, 0) is 103 Å². The SMILES string of the molecule is C.CC.CC12CCC(=O)C=C1CCC1C2C(c2ccc(OCCCSS)cc2)CC2(C)C(O)CCC12. The normalized spacial score (nSPS) is 36.8. The minimum Gasteiger partial charge on any atom is -0.494 e. The molecule has 4 aliphatic rings. The molecule has 7 atom stereocenters. The number of carbonyl (C=O) groups is 1. The van der Waals surface area contributed by atoms with Gasteiger partial charge < -0.3 is 9.84 Å². The number of aliphatic hydroxyl groups is 1. The highest BCUT2D eigenvalue weighted by Gasteiger charge is 2.62. The maximum absolute atomic E-state index is 12.3. The van der Waals surface area contributed by atoms with Crippen molar-refractivity contribution in [2.24, 2.45) is 28.6 Å². The minimum absolute atomic E-state index is 0. The molecule has 0 heterocycles. The van der Waals surface area contributed by atoms with Crippen LogP contribution in [0.15, 0.2) is 35.9 Å². The Bertz CT molecular complexity index is 913. The predicted octanol–water partition coefficient (Wildman–Crippen LogP) is 8.28. The Balaban J connectivity index is 0.00000117. The van der Waals surface area contributed by atoms with Gasteiger partial charge in [-0.1, -0.05) is 63.6 Å². The fourth-order valence-electron chi connectivity index (χ4n) is 8.17. The number of hydrogen-bond acceptors (Lipinski definition) is 5. The number of hydrogen-bond donors (Lipinski definition) is 2. The van der Waals surface area contributed by atoms with E-state index in [0.29, 0.717) is 42.5 Å². The molecule has 3 saturated carbocycles. The van der Waals surface area contributed by atoms with Gasteiger partial charge in [0, 0.05) is 12.2 Å². The van der Waals surface area contributed by atoms with Crippen molar-refractivity contribution in [2.45, 2.75) is 98.5 Å². The summed E-state index contributed by atoms with van der Waals surface area (Å²) < 4.78 is 5.95. The van der Waals surface area contributed by atoms with Crippen LogP contribution in [0.1, 0.15) is 98.0 Å². The van der Waals surface area contributed by atoms with Crippen molar-refractivity contribution in [1.29, 1.82) is 0 Å². The van der Waals surface area contributed by atoms with Crippen molar-refractivity contribution in [3.63, 3.8) is 0 Å². The van der Waals surface area contributed by atoms with Crippen LogP contribution < -0.4 is 4.74 Å². The zero-order valence-electron chi connectivity index (χ0n) is 22.0. The second-order valence-electron chi connectivity index (χ2n) is 11.4. The number of fused-ring (bicyclic) bond motifs is 5. The van der Waals surface area contributed by atoms with Gasteiger partial charge >= 0.3 is 0 Å². The first kappa shape index (κ1) is 29.6. The van der Waals surface area contributed by atoms with E-state index in [1.807, 2.05) is 19.9 Å². The zero-order valence-corrected chi connectivity index (χ0v) is 23.7. The minimum atomic E-state index is -0.198. The van der Waals surface area contributed by atoms with Crippen LogP contribution in [0.25, 0.3) is 0 Å². The fraction of sp³-hybridized carbons (Fsp3) is 0.710. The first-order valence-corrected chi connectivity index (χ1v) is 15.8. The molecule has 1 aromatic carbocycles. The Labute approximate surface area is 229 Å². The largest absolute Gasteiger partial charge is 0.494 e. The number of ether oxygens (including phenoxy) is 1. The van der Waals surface area contributed by atoms with Crippen molar-refractivity contribution in [1.82, 2.24) is 0 Å². The summed E-state index contributed by atoms with van der Waals surface area (Å²) >= 11 is 4.19. The lowest BCUT2D eigenvalue weighted by Gasteiger charge is -2.61. The van der Waals surface area contributed by atoms with Crippen LogP contribution in [0.5, 0.6) is 5.75 Å². The van der Waals surface area contributed by atoms with E-state index in [4.69, 9.17) is 4.74 Å². The summed E-state index contributed by atoms with van der Waals surface area (Å²) in [7, 11) is 1.55. The number of thiol groups is 1. The van der Waals surface area contributed by atoms with Gasteiger partial charge in [-0.25, -0.2) is 0 Å². The third kappa shape index (κ3) is 5.31. The Kier molecular flexibility index (Phi) is 10.1. The zero-order chi connectivity index (χ0) is 25.2. The van der Waals surface area contributed by atoms with Gasteiger partial charge in [0.25, 0.3) is 0 Å². The second-order valence-corrected chi connectivity index (χ2v) is 12.8. The van der Waals surface area contributed by atoms with E-state index in [9.17, 15) is 9.90 Å². The topological polar surface area (TPSA) is 46.5 Å². The first-order chi connectivity index (χ1) is 16.9. The third-order valence-electron chi connectivity index (χ3n) is 9.83. The molecule has 0 bridgehead atoms. The molecule has 0 radical (unpaired) electrons. The van der Waals surface area contributed by atoms with Crippen molar-refractivity contribution < 1.29 is 14.6 Å². The highest BCUT2D eigenvalue weighted by Crippen LogP contribution is 2.68. The molecule has 0 aliphatic heterocycles. The molecule has 0 saturated heterocycles. The molecule has 1 N–H and O–H groups in total. The summed E-state index contributed by atoms with van der Waals surface area (Å²) in [4.78, 5) is 12.3. The average molecular weight is 533 g/mol. The van der Waals surface area contributed by atoms with Gasteiger partial charge in [-0.2, -0.15) is 0 Å². The molecule has 0 aromatic heterocycles. The van der Waals surface area contributed by atoms with Crippen molar-refractivity contribution in [3.05, 3.63) is 41.5 Å². The van der Waals surface area contributed by atoms with E-state index in [1.54, 1.807) is 10.8 Å². The van der Waals surface area contributed by atoms with Crippen LogP contribution in [0.2, 0.25) is 0 Å². The summed E-state index contributed by atoms with van der Waals surface area (Å²) in [6.07, 6.45) is 9.78. The lowest BCUT2D eigenvalue weighted by molar-refractivity contribution is -0.118. The molecular formula is C31H48O3S2. The van der Waals surface area contributed by atoms with Crippen LogP contribution in [-0.2, 0) is 4.79 Å². The number of allylic oxidation sites excluding steroid dienone is 1. The maximum atomic E-state index is 12.3. The van der Waals surface area contributed by atoms with Gasteiger partial charge in [-0.3, -0.25) is 4.79 Å². The molecule has 4 aliphatic carbocycles. The van der Waals surface area contributed by atoms with Gasteiger partial charge in [0.15, 0.2) is 5.78 Å². The summed E-state index contributed by atoms with van der Waals surface area (Å²) in [5.41, 5.74) is 2.86. The van der Waals surface area contributed by atoms with Gasteiger partial charge in [0.1, 0.15) is 5.75 Å². The number of ketones is 1. The van der Waals surface area contributed by atoms with E-state index in [1.165, 1.54) is 11.1 Å². The van der Waals surface area contributed by atoms with Crippen LogP contribution in [0.3, 0.4) is 0 Å². The second kappa shape index (κ2) is 12.3. The van der Waals surface area contributed by atoms with Crippen LogP contribution in [-0.4, -0.2) is 29.4 Å². The van der Waals surface area contributed by atoms with Gasteiger partial charge in [0.2, 0.25) is 0 Å². The number of rotatable bonds is 6. The standard InChI is InChI=1S/C28H38O3S2.C2H6.CH4/c1-27-13-12-20(29)16-19(27)6-9-22-24-10-11-25(30)28(24,2)17-23(26(22)27)18-4-7-21(8-5-18)31-14-3-15-33-32;1-2;/h4-5,7-8,16,22-26,30,32H,3,6,9-15,17H2,1-2H3;1-2H3;1H4. The Morgan fingerprint density at radius 1 is 1.11 bits per heavy atom. The Hall–Kier alpha value is -0.910. The van der Waals surface area contributed by atoms with E-state index in [0.717, 1.165) is 56.4 Å². The highest BCUT2D eigenvalue weighted by atomic mass is 33.1. The maximum Gasteiger partial charge on any atom is 0.155 e. The van der Waals surface area contributed by atoms with Gasteiger partial charge in [-0.15, -0.1) is 11.7 Å². The van der Waals surface area contributed by atoms with Crippen LogP contribution in [0.4, 0.5) is 0 Å². The van der Waals surface area contributed by atoms with Gasteiger partial charge in [0.05, 0.1) is 12.7 Å². The Morgan fingerprint density at radius 2 is 1.83 bits per heavy atom. The molecule has 202 valence electrons. The summed E-state index contributed by atoms with van der Waals surface area (Å²) in [5, 5.41) is 11.1. The number of aliphatic hydroxyl groups excluding tert-OH is 1. The third-order valence-corrected chi connectivity index (χ3v) is 10.8. The fourth-order valence-corrected chi connectivity index (χ4v) is 8.80. The predicted molar refractivity (Wildman–Crippen MR) is 157 cm³/mol. The van der Waals surface area contributed by atoms with Crippen molar-refractivity contribution in [2.75, 3.05) is 12.4 Å². The molecule has 36 heavy (non-hydrogen) atoms. The lowest BCUT2D eigenvalue weighted by Crippen LogP contribution is -2.54. The smallest absolute Gasteiger partial charge is 0.155 e. The first-order valence-electron chi connectivity index (χ1n) is 13.8. The molecule has 1 aromatic rings. The lowest BCUT2D eigenvalue weighted by atomic mass is 9.44. The average Bonchev–Trinajstić information content (AvgIpc) is 3.17. The molecule has 5 heteroatoms. The molecule has 0 amide bonds. The summed E-state index contributed by atoms with van der Waals surface area (Å²) in [5.74, 6) is 4.39. The van der Waals surface area contributed by atoms with Crippen LogP contribution >= 0.6 is 22.5 Å². The van der Waals surface area contributed by atoms with E-state index in [-0.39, 0.29) is 24.4 Å². The Morgan fingerprint density at radius 3 is 2.53 bits per heavy atom. The van der Waals surface area contributed by atoms with E-state index in [2.05, 4.69) is 49.8 Å². The molecule has 3 fully saturated rings. The van der Waals surface area contributed by atoms with E-state index >= 15 is 0 Å². The molecular weight excluding hydrogens is 484 g/mol. The number of benzene rings is 1. The van der Waals surface area contributed by atoms with E-state index < -0.39 is 0 Å². The molecule has 7 unspecified atom stereocenters. The quantitative estimate of drug-likeness (QED) is 0.220. The number of carbonyl (C=O) groups excluding carboxylic acids is 1. The van der Waals surface area contributed by atoms with Crippen molar-refractivity contribution in [3.8, 4) is 5.75 Å². The molecule has 3 nitrogen and oxygen atoms in total. The van der Waals surface area contributed by atoms with Crippen LogP contribution in [0, 0.1) is 28.6 Å². The highest BCUT2D eigenvalue weighted by molar-refractivity contribution is 8.68. The monoisotopic (exact) mass is 532 g/mol. The molecule has 0 spiro atoms. The summed E-state index contributed by atoms with van der Waals surface area (Å²) in [6, 6.07) is 8.80.